The number of halogens is 1. The summed E-state index contributed by atoms with van der Waals surface area (Å²) >= 11 is 5.03. The maximum absolute atomic E-state index is 6.19. The van der Waals surface area contributed by atoms with Crippen molar-refractivity contribution in [1.82, 2.24) is 4.98 Å². The first-order valence-electron chi connectivity index (χ1n) is 5.34. The number of ether oxygens (including phenoxy) is 1. The van der Waals surface area contributed by atoms with Crippen molar-refractivity contribution in [1.29, 1.82) is 0 Å². The first-order chi connectivity index (χ1) is 8.24. The number of nitrogens with two attached hydrogens (primary N) is 1. The van der Waals surface area contributed by atoms with Gasteiger partial charge in [-0.2, -0.15) is 0 Å². The van der Waals surface area contributed by atoms with Gasteiger partial charge in [-0.3, -0.25) is 0 Å². The minimum atomic E-state index is -0.0232. The number of benzene rings is 1. The van der Waals surface area contributed by atoms with Gasteiger partial charge in [0.15, 0.2) is 0 Å². The highest BCUT2D eigenvalue weighted by molar-refractivity contribution is 9.10. The van der Waals surface area contributed by atoms with Crippen LogP contribution in [0.25, 0.3) is 0 Å². The van der Waals surface area contributed by atoms with Gasteiger partial charge in [-0.15, -0.1) is 11.3 Å². The summed E-state index contributed by atoms with van der Waals surface area (Å²) in [4.78, 5) is 4.29. The van der Waals surface area contributed by atoms with Crippen molar-refractivity contribution >= 4 is 27.3 Å². The minimum Gasteiger partial charge on any atom is -0.484 e. The molecule has 5 heteroatoms. The zero-order valence-electron chi connectivity index (χ0n) is 8.97. The highest BCUT2D eigenvalue weighted by Crippen LogP contribution is 2.40. The van der Waals surface area contributed by atoms with Crippen molar-refractivity contribution < 1.29 is 4.74 Å². The summed E-state index contributed by atoms with van der Waals surface area (Å²) in [5, 5.41) is 2.02. The summed E-state index contributed by atoms with van der Waals surface area (Å²) in [6.45, 7) is 0. The fourth-order valence-electron chi connectivity index (χ4n) is 2.04. The van der Waals surface area contributed by atoms with Gasteiger partial charge in [-0.05, 0) is 18.2 Å². The Labute approximate surface area is 112 Å². The molecule has 1 aromatic carbocycles. The van der Waals surface area contributed by atoms with Crippen LogP contribution in [0.3, 0.4) is 0 Å². The van der Waals surface area contributed by atoms with Gasteiger partial charge in [0.25, 0.3) is 0 Å². The van der Waals surface area contributed by atoms with Crippen LogP contribution in [0.15, 0.2) is 33.6 Å². The van der Waals surface area contributed by atoms with E-state index in [4.69, 9.17) is 10.5 Å². The SMILES string of the molecule is NC1CC(c2cscn2)Oc2ccc(Br)cc21. The van der Waals surface area contributed by atoms with Crippen molar-refractivity contribution in [2.45, 2.75) is 18.6 Å². The Balaban J connectivity index is 1.96. The van der Waals surface area contributed by atoms with Crippen LogP contribution in [0.5, 0.6) is 5.75 Å². The van der Waals surface area contributed by atoms with Crippen LogP contribution in [-0.4, -0.2) is 4.98 Å². The Hall–Kier alpha value is -0.910. The predicted octanol–water partition coefficient (Wildman–Crippen LogP) is 3.43. The third-order valence-corrected chi connectivity index (χ3v) is 3.99. The minimum absolute atomic E-state index is 0.00273. The van der Waals surface area contributed by atoms with E-state index in [0.29, 0.717) is 0 Å². The van der Waals surface area contributed by atoms with Gasteiger partial charge in [-0.1, -0.05) is 15.9 Å². The van der Waals surface area contributed by atoms with E-state index in [1.165, 1.54) is 0 Å². The number of nitrogens with zero attached hydrogens (tertiary/aromatic N) is 1. The number of hydrogen-bond donors (Lipinski definition) is 1. The Morgan fingerprint density at radius 3 is 3.12 bits per heavy atom. The summed E-state index contributed by atoms with van der Waals surface area (Å²) in [5.41, 5.74) is 10.0. The zero-order valence-corrected chi connectivity index (χ0v) is 11.4. The molecule has 0 amide bonds. The normalized spacial score (nSPS) is 22.9. The molecule has 0 saturated heterocycles. The number of fused-ring (bicyclic) bond motifs is 1. The third kappa shape index (κ3) is 2.10. The number of thiazole rings is 1. The summed E-state index contributed by atoms with van der Waals surface area (Å²) in [7, 11) is 0. The molecule has 3 rings (SSSR count). The smallest absolute Gasteiger partial charge is 0.143 e. The number of rotatable bonds is 1. The predicted molar refractivity (Wildman–Crippen MR) is 71.2 cm³/mol. The van der Waals surface area contributed by atoms with Gasteiger partial charge in [0.2, 0.25) is 0 Å². The Morgan fingerprint density at radius 2 is 2.35 bits per heavy atom. The molecule has 2 atom stereocenters. The lowest BCUT2D eigenvalue weighted by Gasteiger charge is -2.29. The highest BCUT2D eigenvalue weighted by Gasteiger charge is 2.28. The van der Waals surface area contributed by atoms with Gasteiger partial charge in [0.1, 0.15) is 11.9 Å². The average Bonchev–Trinajstić information content (AvgIpc) is 2.83. The Bertz CT molecular complexity index is 529. The quantitative estimate of drug-likeness (QED) is 0.878. The molecule has 0 aliphatic carbocycles. The molecule has 2 unspecified atom stereocenters. The summed E-state index contributed by atoms with van der Waals surface area (Å²) in [6.07, 6.45) is 0.748. The van der Waals surface area contributed by atoms with Crippen LogP contribution < -0.4 is 10.5 Å². The second kappa shape index (κ2) is 4.40. The van der Waals surface area contributed by atoms with Crippen LogP contribution >= 0.6 is 27.3 Å². The maximum Gasteiger partial charge on any atom is 0.143 e. The summed E-state index contributed by atoms with van der Waals surface area (Å²) in [5.74, 6) is 0.866. The van der Waals surface area contributed by atoms with Gasteiger partial charge in [-0.25, -0.2) is 4.98 Å². The van der Waals surface area contributed by atoms with E-state index < -0.39 is 0 Å². The van der Waals surface area contributed by atoms with E-state index in [1.807, 2.05) is 29.1 Å². The summed E-state index contributed by atoms with van der Waals surface area (Å²) in [6, 6.07) is 5.95. The van der Waals surface area contributed by atoms with Crippen molar-refractivity contribution in [2.24, 2.45) is 5.73 Å². The second-order valence-electron chi connectivity index (χ2n) is 4.04. The van der Waals surface area contributed by atoms with E-state index in [9.17, 15) is 0 Å². The van der Waals surface area contributed by atoms with Gasteiger partial charge in [0, 0.05) is 27.9 Å². The topological polar surface area (TPSA) is 48.1 Å². The van der Waals surface area contributed by atoms with Crippen molar-refractivity contribution in [3.63, 3.8) is 0 Å². The molecule has 88 valence electrons. The molecule has 1 aliphatic rings. The fraction of sp³-hybridized carbons (Fsp3) is 0.250. The highest BCUT2D eigenvalue weighted by atomic mass is 79.9. The lowest BCUT2D eigenvalue weighted by atomic mass is 9.96. The molecular formula is C12H11BrN2OS. The molecular weight excluding hydrogens is 300 g/mol. The molecule has 1 aromatic heterocycles. The molecule has 17 heavy (non-hydrogen) atoms. The number of aromatic nitrogens is 1. The lowest BCUT2D eigenvalue weighted by Crippen LogP contribution is -2.24. The molecule has 0 radical (unpaired) electrons. The van der Waals surface area contributed by atoms with E-state index in [-0.39, 0.29) is 12.1 Å². The molecule has 0 bridgehead atoms. The number of hydrogen-bond acceptors (Lipinski definition) is 4. The van der Waals surface area contributed by atoms with Crippen LogP contribution in [0.1, 0.15) is 29.8 Å². The second-order valence-corrected chi connectivity index (χ2v) is 5.68. The molecule has 3 nitrogen and oxygen atoms in total. The van der Waals surface area contributed by atoms with Gasteiger partial charge < -0.3 is 10.5 Å². The molecule has 2 aromatic rings. The van der Waals surface area contributed by atoms with Crippen LogP contribution in [0, 0.1) is 0 Å². The van der Waals surface area contributed by atoms with Crippen molar-refractivity contribution in [3.05, 3.63) is 44.8 Å². The first-order valence-corrected chi connectivity index (χ1v) is 7.07. The first kappa shape index (κ1) is 11.2. The van der Waals surface area contributed by atoms with Crippen LogP contribution in [0.2, 0.25) is 0 Å². The third-order valence-electron chi connectivity index (χ3n) is 2.89. The zero-order chi connectivity index (χ0) is 11.8. The fourth-order valence-corrected chi connectivity index (χ4v) is 3.01. The molecule has 2 N–H and O–H groups in total. The van der Waals surface area contributed by atoms with Crippen LogP contribution in [-0.2, 0) is 0 Å². The van der Waals surface area contributed by atoms with Gasteiger partial charge >= 0.3 is 0 Å². The van der Waals surface area contributed by atoms with Crippen LogP contribution in [0.4, 0.5) is 0 Å². The summed E-state index contributed by atoms with van der Waals surface area (Å²) < 4.78 is 6.98. The monoisotopic (exact) mass is 310 g/mol. The maximum atomic E-state index is 6.19. The van der Waals surface area contributed by atoms with Crippen molar-refractivity contribution in [3.8, 4) is 5.75 Å². The van der Waals surface area contributed by atoms with E-state index in [1.54, 1.807) is 11.3 Å². The van der Waals surface area contributed by atoms with Gasteiger partial charge in [0.05, 0.1) is 11.2 Å². The molecule has 1 aliphatic heterocycles. The van der Waals surface area contributed by atoms with Crippen molar-refractivity contribution in [2.75, 3.05) is 0 Å². The van der Waals surface area contributed by atoms with E-state index >= 15 is 0 Å². The van der Waals surface area contributed by atoms with E-state index in [0.717, 1.165) is 27.9 Å². The largest absolute Gasteiger partial charge is 0.484 e. The Kier molecular flexibility index (Phi) is 2.90. The lowest BCUT2D eigenvalue weighted by molar-refractivity contribution is 0.158. The van der Waals surface area contributed by atoms with E-state index in [2.05, 4.69) is 20.9 Å². The average molecular weight is 311 g/mol. The molecule has 0 fully saturated rings. The molecule has 0 saturated carbocycles. The standard InChI is InChI=1S/C12H11BrN2OS/c13-7-1-2-11-8(3-7)9(14)4-12(16-11)10-5-17-6-15-10/h1-3,5-6,9,12H,4,14H2. The molecule has 0 spiro atoms. The Morgan fingerprint density at radius 1 is 1.47 bits per heavy atom. The molecule has 2 heterocycles.